The van der Waals surface area contributed by atoms with Crippen LogP contribution in [0, 0.1) is 5.92 Å². The highest BCUT2D eigenvalue weighted by Gasteiger charge is 2.25. The molecule has 4 heteroatoms. The first-order valence-electron chi connectivity index (χ1n) is 6.39. The van der Waals surface area contributed by atoms with E-state index in [4.69, 9.17) is 5.73 Å². The van der Waals surface area contributed by atoms with Gasteiger partial charge in [-0.25, -0.2) is 0 Å². The molecule has 0 bridgehead atoms. The minimum atomic E-state index is -0.211. The van der Waals surface area contributed by atoms with Crippen molar-refractivity contribution in [3.05, 3.63) is 0 Å². The molecule has 0 radical (unpaired) electrons. The lowest BCUT2D eigenvalue weighted by Crippen LogP contribution is -2.32. The molecule has 0 spiro atoms. The van der Waals surface area contributed by atoms with Crippen molar-refractivity contribution in [2.24, 2.45) is 11.7 Å². The highest BCUT2D eigenvalue weighted by molar-refractivity contribution is 5.75. The predicted octanol–water partition coefficient (Wildman–Crippen LogP) is 0.783. The fourth-order valence-electron chi connectivity index (χ4n) is 2.20. The number of carbonyl (C=O) groups excluding carboxylic acids is 1. The smallest absolute Gasteiger partial charge is 0.220 e. The Morgan fingerprint density at radius 1 is 1.31 bits per heavy atom. The molecule has 1 amide bonds. The topological polar surface area (TPSA) is 75.4 Å². The number of hydrogen-bond acceptors (Lipinski definition) is 3. The monoisotopic (exact) mass is 228 g/mol. The van der Waals surface area contributed by atoms with Crippen molar-refractivity contribution in [2.75, 3.05) is 13.1 Å². The van der Waals surface area contributed by atoms with Gasteiger partial charge in [0.15, 0.2) is 0 Å². The SMILES string of the molecule is NCCCCCC(=O)NCC1CCCC1O. The van der Waals surface area contributed by atoms with Gasteiger partial charge in [-0.15, -0.1) is 0 Å². The van der Waals surface area contributed by atoms with Crippen LogP contribution < -0.4 is 11.1 Å². The quantitative estimate of drug-likeness (QED) is 0.564. The Labute approximate surface area is 97.6 Å². The third-order valence-corrected chi connectivity index (χ3v) is 3.29. The maximum absolute atomic E-state index is 11.4. The summed E-state index contributed by atoms with van der Waals surface area (Å²) in [6.07, 6.45) is 6.31. The lowest BCUT2D eigenvalue weighted by Gasteiger charge is -2.14. The van der Waals surface area contributed by atoms with Crippen LogP contribution in [0.1, 0.15) is 44.9 Å². The van der Waals surface area contributed by atoms with E-state index >= 15 is 0 Å². The minimum absolute atomic E-state index is 0.108. The minimum Gasteiger partial charge on any atom is -0.393 e. The van der Waals surface area contributed by atoms with Crippen LogP contribution in [0.25, 0.3) is 0 Å². The average Bonchev–Trinajstić information content (AvgIpc) is 2.67. The largest absolute Gasteiger partial charge is 0.393 e. The Bertz CT molecular complexity index is 209. The highest BCUT2D eigenvalue weighted by Crippen LogP contribution is 2.24. The van der Waals surface area contributed by atoms with Crippen LogP contribution in [0.2, 0.25) is 0 Å². The Morgan fingerprint density at radius 3 is 2.75 bits per heavy atom. The Kier molecular flexibility index (Phi) is 6.42. The van der Waals surface area contributed by atoms with Gasteiger partial charge in [-0.3, -0.25) is 4.79 Å². The molecule has 1 saturated carbocycles. The molecule has 0 aromatic heterocycles. The molecule has 94 valence electrons. The first kappa shape index (κ1) is 13.5. The molecule has 4 N–H and O–H groups in total. The third kappa shape index (κ3) is 4.94. The fourth-order valence-corrected chi connectivity index (χ4v) is 2.20. The van der Waals surface area contributed by atoms with Gasteiger partial charge >= 0.3 is 0 Å². The maximum Gasteiger partial charge on any atom is 0.220 e. The van der Waals surface area contributed by atoms with Gasteiger partial charge in [0, 0.05) is 18.9 Å². The number of amides is 1. The van der Waals surface area contributed by atoms with Crippen molar-refractivity contribution in [3.8, 4) is 0 Å². The molecule has 0 aliphatic heterocycles. The zero-order chi connectivity index (χ0) is 11.8. The zero-order valence-electron chi connectivity index (χ0n) is 9.95. The van der Waals surface area contributed by atoms with Crippen molar-refractivity contribution >= 4 is 5.91 Å². The highest BCUT2D eigenvalue weighted by atomic mass is 16.3. The average molecular weight is 228 g/mol. The summed E-state index contributed by atoms with van der Waals surface area (Å²) < 4.78 is 0. The zero-order valence-corrected chi connectivity index (χ0v) is 9.95. The molecule has 16 heavy (non-hydrogen) atoms. The molecule has 1 rings (SSSR count). The molecule has 2 atom stereocenters. The molecule has 1 fully saturated rings. The molecule has 1 aliphatic rings. The molecule has 0 aromatic carbocycles. The maximum atomic E-state index is 11.4. The summed E-state index contributed by atoms with van der Waals surface area (Å²) in [5.41, 5.74) is 5.37. The fraction of sp³-hybridized carbons (Fsp3) is 0.917. The summed E-state index contributed by atoms with van der Waals surface area (Å²) in [4.78, 5) is 11.4. The van der Waals surface area contributed by atoms with Gasteiger partial charge in [-0.2, -0.15) is 0 Å². The number of rotatable bonds is 7. The van der Waals surface area contributed by atoms with E-state index in [0.717, 1.165) is 38.5 Å². The third-order valence-electron chi connectivity index (χ3n) is 3.29. The van der Waals surface area contributed by atoms with Gasteiger partial charge in [0.05, 0.1) is 6.10 Å². The van der Waals surface area contributed by atoms with Crippen molar-refractivity contribution in [1.29, 1.82) is 0 Å². The van der Waals surface area contributed by atoms with Crippen molar-refractivity contribution < 1.29 is 9.90 Å². The normalized spacial score (nSPS) is 24.6. The lowest BCUT2D eigenvalue weighted by atomic mass is 10.1. The molecule has 1 aliphatic carbocycles. The van der Waals surface area contributed by atoms with Gasteiger partial charge in [0.25, 0.3) is 0 Å². The van der Waals surface area contributed by atoms with Crippen LogP contribution in [0.5, 0.6) is 0 Å². The standard InChI is InChI=1S/C12H24N2O2/c13-8-3-1-2-7-12(16)14-9-10-5-4-6-11(10)15/h10-11,15H,1-9,13H2,(H,14,16). The van der Waals surface area contributed by atoms with E-state index in [-0.39, 0.29) is 17.9 Å². The Balaban J connectivity index is 2.01. The van der Waals surface area contributed by atoms with E-state index in [1.54, 1.807) is 0 Å². The van der Waals surface area contributed by atoms with E-state index in [0.29, 0.717) is 19.5 Å². The van der Waals surface area contributed by atoms with E-state index in [1.165, 1.54) is 0 Å². The molecule has 0 aromatic rings. The number of aliphatic hydroxyl groups is 1. The number of hydrogen-bond donors (Lipinski definition) is 3. The van der Waals surface area contributed by atoms with E-state index in [9.17, 15) is 9.90 Å². The first-order valence-corrected chi connectivity index (χ1v) is 6.39. The first-order chi connectivity index (χ1) is 7.74. The van der Waals surface area contributed by atoms with Crippen LogP contribution in [-0.2, 0) is 4.79 Å². The predicted molar refractivity (Wildman–Crippen MR) is 63.9 cm³/mol. The van der Waals surface area contributed by atoms with Crippen molar-refractivity contribution in [1.82, 2.24) is 5.32 Å². The second-order valence-corrected chi connectivity index (χ2v) is 4.66. The Hall–Kier alpha value is -0.610. The summed E-state index contributed by atoms with van der Waals surface area (Å²) in [5.74, 6) is 0.379. The van der Waals surface area contributed by atoms with Gasteiger partial charge in [-0.05, 0) is 32.2 Å². The van der Waals surface area contributed by atoms with E-state index < -0.39 is 0 Å². The summed E-state index contributed by atoms with van der Waals surface area (Å²) in [7, 11) is 0. The summed E-state index contributed by atoms with van der Waals surface area (Å²) in [6, 6.07) is 0. The van der Waals surface area contributed by atoms with Crippen LogP contribution in [0.15, 0.2) is 0 Å². The van der Waals surface area contributed by atoms with Crippen LogP contribution in [-0.4, -0.2) is 30.2 Å². The second kappa shape index (κ2) is 7.63. The van der Waals surface area contributed by atoms with Crippen LogP contribution in [0.3, 0.4) is 0 Å². The van der Waals surface area contributed by atoms with Crippen molar-refractivity contribution in [2.45, 2.75) is 51.0 Å². The molecule has 0 heterocycles. The van der Waals surface area contributed by atoms with E-state index in [1.807, 2.05) is 0 Å². The summed E-state index contributed by atoms with van der Waals surface area (Å²) >= 11 is 0. The van der Waals surface area contributed by atoms with Crippen LogP contribution in [0.4, 0.5) is 0 Å². The van der Waals surface area contributed by atoms with Gasteiger partial charge in [-0.1, -0.05) is 12.8 Å². The number of nitrogens with one attached hydrogen (secondary N) is 1. The second-order valence-electron chi connectivity index (χ2n) is 4.66. The number of aliphatic hydroxyl groups excluding tert-OH is 1. The van der Waals surface area contributed by atoms with Crippen molar-refractivity contribution in [3.63, 3.8) is 0 Å². The molecule has 4 nitrogen and oxygen atoms in total. The molecular formula is C12H24N2O2. The lowest BCUT2D eigenvalue weighted by molar-refractivity contribution is -0.121. The van der Waals surface area contributed by atoms with Gasteiger partial charge in [0.2, 0.25) is 5.91 Å². The molecule has 0 saturated heterocycles. The van der Waals surface area contributed by atoms with Crippen LogP contribution >= 0.6 is 0 Å². The summed E-state index contributed by atoms with van der Waals surface area (Å²) in [6.45, 7) is 1.34. The number of carbonyl (C=O) groups is 1. The Morgan fingerprint density at radius 2 is 2.12 bits per heavy atom. The number of nitrogens with two attached hydrogens (primary N) is 1. The molecular weight excluding hydrogens is 204 g/mol. The molecule has 2 unspecified atom stereocenters. The van der Waals surface area contributed by atoms with E-state index in [2.05, 4.69) is 5.32 Å². The van der Waals surface area contributed by atoms with Gasteiger partial charge in [0.1, 0.15) is 0 Å². The summed E-state index contributed by atoms with van der Waals surface area (Å²) in [5, 5.41) is 12.5. The van der Waals surface area contributed by atoms with Gasteiger partial charge < -0.3 is 16.2 Å². The number of unbranched alkanes of at least 4 members (excludes halogenated alkanes) is 2.